The fourth-order valence-electron chi connectivity index (χ4n) is 3.47. The molecule has 37 heavy (non-hydrogen) atoms. The second-order valence-electron chi connectivity index (χ2n) is 7.65. The summed E-state index contributed by atoms with van der Waals surface area (Å²) in [5.74, 6) is -4.29. The number of para-hydroxylation sites is 1. The van der Waals surface area contributed by atoms with Gasteiger partial charge in [0.05, 0.1) is 28.4 Å². The molecule has 0 radical (unpaired) electrons. The molecule has 3 aromatic carbocycles. The highest BCUT2D eigenvalue weighted by Crippen LogP contribution is 2.42. The van der Waals surface area contributed by atoms with Crippen molar-refractivity contribution in [2.45, 2.75) is 13.1 Å². The zero-order valence-electron chi connectivity index (χ0n) is 18.9. The van der Waals surface area contributed by atoms with Crippen molar-refractivity contribution in [1.82, 2.24) is 0 Å². The first-order chi connectivity index (χ1) is 17.3. The molecule has 2 amide bonds. The Kier molecular flexibility index (Phi) is 7.29. The summed E-state index contributed by atoms with van der Waals surface area (Å²) in [4.78, 5) is 35.8. The molecule has 5 N–H and O–H groups in total. The Morgan fingerprint density at radius 3 is 2.22 bits per heavy atom. The van der Waals surface area contributed by atoms with Gasteiger partial charge in [-0.05, 0) is 42.0 Å². The number of benzene rings is 3. The highest BCUT2D eigenvalue weighted by Gasteiger charge is 2.36. The SMILES string of the molecule is CC(=O)Nc1ccccc1-c1cc(C(=N)C(=O)Nc2ccc(C#N)cc2C(=O)O)c(O)cc1C(F)(F)F. The predicted octanol–water partition coefficient (Wildman–Crippen LogP) is 4.61. The molecule has 0 aliphatic rings. The summed E-state index contributed by atoms with van der Waals surface area (Å²) < 4.78 is 41.6. The summed E-state index contributed by atoms with van der Waals surface area (Å²) in [7, 11) is 0. The number of nitrogens with one attached hydrogen (secondary N) is 3. The number of nitriles is 1. The van der Waals surface area contributed by atoms with Gasteiger partial charge in [0.25, 0.3) is 5.91 Å². The van der Waals surface area contributed by atoms with Gasteiger partial charge >= 0.3 is 12.1 Å². The number of carbonyl (C=O) groups excluding carboxylic acids is 2. The van der Waals surface area contributed by atoms with E-state index in [-0.39, 0.29) is 22.5 Å². The number of phenolic OH excluding ortho intramolecular Hbond substituents is 1. The summed E-state index contributed by atoms with van der Waals surface area (Å²) >= 11 is 0. The van der Waals surface area contributed by atoms with Crippen LogP contribution in [0.1, 0.15) is 34.0 Å². The molecule has 0 aromatic heterocycles. The van der Waals surface area contributed by atoms with E-state index in [1.165, 1.54) is 30.3 Å². The number of anilines is 2. The third-order valence-corrected chi connectivity index (χ3v) is 5.09. The largest absolute Gasteiger partial charge is 0.507 e. The zero-order chi connectivity index (χ0) is 27.5. The third-order valence-electron chi connectivity index (χ3n) is 5.09. The molecule has 9 nitrogen and oxygen atoms in total. The fourth-order valence-corrected chi connectivity index (χ4v) is 3.47. The van der Waals surface area contributed by atoms with Crippen molar-refractivity contribution in [2.24, 2.45) is 0 Å². The number of phenols is 1. The second kappa shape index (κ2) is 10.2. The van der Waals surface area contributed by atoms with Crippen molar-refractivity contribution in [3.63, 3.8) is 0 Å². The number of carboxylic acids is 1. The van der Waals surface area contributed by atoms with E-state index < -0.39 is 57.7 Å². The number of hydrogen-bond donors (Lipinski definition) is 5. The zero-order valence-corrected chi connectivity index (χ0v) is 18.9. The lowest BCUT2D eigenvalue weighted by Crippen LogP contribution is -2.24. The molecule has 0 atom stereocenters. The van der Waals surface area contributed by atoms with E-state index in [9.17, 15) is 37.8 Å². The molecule has 0 heterocycles. The van der Waals surface area contributed by atoms with Crippen LogP contribution in [0, 0.1) is 16.7 Å². The molecule has 3 rings (SSSR count). The number of halogens is 3. The van der Waals surface area contributed by atoms with Crippen LogP contribution in [0.25, 0.3) is 11.1 Å². The molecule has 188 valence electrons. The van der Waals surface area contributed by atoms with E-state index in [2.05, 4.69) is 10.6 Å². The van der Waals surface area contributed by atoms with Crippen LogP contribution in [0.15, 0.2) is 54.6 Å². The topological polar surface area (TPSA) is 163 Å². The Morgan fingerprint density at radius 2 is 1.62 bits per heavy atom. The summed E-state index contributed by atoms with van der Waals surface area (Å²) in [6.45, 7) is 1.16. The van der Waals surface area contributed by atoms with Crippen LogP contribution in [0.2, 0.25) is 0 Å². The Morgan fingerprint density at radius 1 is 0.946 bits per heavy atom. The van der Waals surface area contributed by atoms with Crippen molar-refractivity contribution >= 4 is 34.9 Å². The average molecular weight is 510 g/mol. The maximum atomic E-state index is 13.9. The van der Waals surface area contributed by atoms with Crippen molar-refractivity contribution in [3.8, 4) is 22.9 Å². The van der Waals surface area contributed by atoms with Gasteiger partial charge in [0, 0.05) is 23.7 Å². The lowest BCUT2D eigenvalue weighted by molar-refractivity contribution is -0.137. The monoisotopic (exact) mass is 510 g/mol. The van der Waals surface area contributed by atoms with E-state index in [1.54, 1.807) is 6.07 Å². The fraction of sp³-hybridized carbons (Fsp3) is 0.0800. The number of alkyl halides is 3. The smallest absolute Gasteiger partial charge is 0.417 e. The second-order valence-corrected chi connectivity index (χ2v) is 7.65. The van der Waals surface area contributed by atoms with E-state index in [4.69, 9.17) is 10.7 Å². The maximum absolute atomic E-state index is 13.9. The first-order valence-corrected chi connectivity index (χ1v) is 10.3. The molecule has 0 aliphatic heterocycles. The molecule has 0 aliphatic carbocycles. The lowest BCUT2D eigenvalue weighted by atomic mass is 9.93. The molecule has 0 saturated heterocycles. The number of aromatic hydroxyl groups is 1. The van der Waals surface area contributed by atoms with Gasteiger partial charge in [-0.2, -0.15) is 18.4 Å². The molecule has 0 fully saturated rings. The van der Waals surface area contributed by atoms with E-state index in [0.717, 1.165) is 25.1 Å². The van der Waals surface area contributed by atoms with Gasteiger partial charge in [0.15, 0.2) is 0 Å². The summed E-state index contributed by atoms with van der Waals surface area (Å²) in [5, 5.41) is 41.4. The summed E-state index contributed by atoms with van der Waals surface area (Å²) in [6.07, 6.45) is -4.95. The number of nitrogens with zero attached hydrogens (tertiary/aromatic N) is 1. The molecular formula is C25H17F3N4O5. The summed E-state index contributed by atoms with van der Waals surface area (Å²) in [6, 6.07) is 11.8. The van der Waals surface area contributed by atoms with Crippen molar-refractivity contribution in [1.29, 1.82) is 10.7 Å². The summed E-state index contributed by atoms with van der Waals surface area (Å²) in [5.41, 5.74) is -4.14. The Balaban J connectivity index is 2.11. The van der Waals surface area contributed by atoms with Crippen LogP contribution in [-0.4, -0.2) is 33.7 Å². The Bertz CT molecular complexity index is 1490. The number of hydrogen-bond acceptors (Lipinski definition) is 6. The van der Waals surface area contributed by atoms with Crippen LogP contribution >= 0.6 is 0 Å². The normalized spacial score (nSPS) is 10.8. The van der Waals surface area contributed by atoms with Crippen LogP contribution in [0.5, 0.6) is 5.75 Å². The Hall–Kier alpha value is -5.18. The van der Waals surface area contributed by atoms with Gasteiger partial charge in [0.1, 0.15) is 11.5 Å². The minimum Gasteiger partial charge on any atom is -0.507 e. The van der Waals surface area contributed by atoms with E-state index in [0.29, 0.717) is 6.07 Å². The first kappa shape index (κ1) is 26.4. The minimum absolute atomic E-state index is 0.00617. The number of rotatable bonds is 6. The van der Waals surface area contributed by atoms with Crippen molar-refractivity contribution in [2.75, 3.05) is 10.6 Å². The molecule has 0 bridgehead atoms. The maximum Gasteiger partial charge on any atom is 0.417 e. The van der Waals surface area contributed by atoms with Gasteiger partial charge in [0.2, 0.25) is 5.91 Å². The molecule has 0 unspecified atom stereocenters. The quantitative estimate of drug-likeness (QED) is 0.304. The van der Waals surface area contributed by atoms with Crippen LogP contribution < -0.4 is 10.6 Å². The number of carbonyl (C=O) groups is 3. The van der Waals surface area contributed by atoms with Crippen molar-refractivity contribution in [3.05, 3.63) is 76.9 Å². The number of amides is 2. The third kappa shape index (κ3) is 5.73. The van der Waals surface area contributed by atoms with Gasteiger partial charge in [-0.25, -0.2) is 4.79 Å². The van der Waals surface area contributed by atoms with Crippen LogP contribution in [0.3, 0.4) is 0 Å². The van der Waals surface area contributed by atoms with Crippen molar-refractivity contribution < 1.29 is 37.8 Å². The number of carboxylic acid groups (broad SMARTS) is 1. The first-order valence-electron chi connectivity index (χ1n) is 10.3. The standard InChI is InChI=1S/C25H17F3N4O5/c1-12(33)31-19-5-3-2-4-14(19)15-9-17(21(34)10-18(15)25(26,27)28)22(30)23(35)32-20-7-6-13(11-29)8-16(20)24(36)37/h2-10,30,34H,1H3,(H,31,33)(H,32,35)(H,36,37). The molecule has 0 saturated carbocycles. The van der Waals surface area contributed by atoms with E-state index in [1.807, 2.05) is 0 Å². The van der Waals surface area contributed by atoms with Gasteiger partial charge in [-0.1, -0.05) is 18.2 Å². The molecule has 12 heteroatoms. The number of aromatic carboxylic acids is 1. The van der Waals surface area contributed by atoms with Crippen LogP contribution in [0.4, 0.5) is 24.5 Å². The van der Waals surface area contributed by atoms with Gasteiger partial charge in [-0.15, -0.1) is 0 Å². The Labute approximate surface area is 207 Å². The molecular weight excluding hydrogens is 493 g/mol. The van der Waals surface area contributed by atoms with Gasteiger partial charge < -0.3 is 20.8 Å². The molecule has 0 spiro atoms. The highest BCUT2D eigenvalue weighted by molar-refractivity contribution is 6.48. The van der Waals surface area contributed by atoms with Crippen LogP contribution in [-0.2, 0) is 15.8 Å². The molecule has 3 aromatic rings. The lowest BCUT2D eigenvalue weighted by Gasteiger charge is -2.19. The van der Waals surface area contributed by atoms with Gasteiger partial charge in [-0.3, -0.25) is 15.0 Å². The predicted molar refractivity (Wildman–Crippen MR) is 126 cm³/mol. The van der Waals surface area contributed by atoms with E-state index >= 15 is 0 Å². The highest BCUT2D eigenvalue weighted by atomic mass is 19.4. The average Bonchev–Trinajstić information content (AvgIpc) is 2.83. The minimum atomic E-state index is -4.95.